The number of oxime groups is 3. The summed E-state index contributed by atoms with van der Waals surface area (Å²) in [5.41, 5.74) is 0.323. The Balaban J connectivity index is 3.06. The Morgan fingerprint density at radius 2 is 1.73 bits per heavy atom. The lowest BCUT2D eigenvalue weighted by Crippen LogP contribution is -2.35. The summed E-state index contributed by atoms with van der Waals surface area (Å²) in [5, 5.41) is 13.9. The van der Waals surface area contributed by atoms with Crippen molar-refractivity contribution in [2.24, 2.45) is 15.5 Å². The summed E-state index contributed by atoms with van der Waals surface area (Å²) >= 11 is 0. The van der Waals surface area contributed by atoms with Crippen molar-refractivity contribution in [3.63, 3.8) is 0 Å². The van der Waals surface area contributed by atoms with Crippen molar-refractivity contribution in [3.8, 4) is 0 Å². The maximum absolute atomic E-state index is 12.3. The van der Waals surface area contributed by atoms with Crippen LogP contribution < -0.4 is 5.32 Å². The van der Waals surface area contributed by atoms with Gasteiger partial charge in [-0.15, -0.1) is 0 Å². The number of carbonyl (C=O) groups is 2. The summed E-state index contributed by atoms with van der Waals surface area (Å²) in [5.74, 6) is -1.10. The molecule has 1 unspecified atom stereocenters. The first-order chi connectivity index (χ1) is 14.1. The zero-order chi connectivity index (χ0) is 22.7. The molecule has 0 aliphatic carbocycles. The predicted molar refractivity (Wildman–Crippen MR) is 112 cm³/mol. The molecule has 0 fully saturated rings. The first kappa shape index (κ1) is 24.6. The van der Waals surface area contributed by atoms with Gasteiger partial charge in [0.2, 0.25) is 5.71 Å². The van der Waals surface area contributed by atoms with Gasteiger partial charge in [-0.25, -0.2) is 4.79 Å². The van der Waals surface area contributed by atoms with Gasteiger partial charge >= 0.3 is 5.97 Å². The summed E-state index contributed by atoms with van der Waals surface area (Å²) in [7, 11) is 4.14. The first-order valence-electron chi connectivity index (χ1n) is 9.10. The summed E-state index contributed by atoms with van der Waals surface area (Å²) in [6, 6.07) is 6.92. The molecule has 0 aromatic heterocycles. The van der Waals surface area contributed by atoms with Gasteiger partial charge in [0, 0.05) is 18.2 Å². The molecule has 0 radical (unpaired) electrons. The van der Waals surface area contributed by atoms with Crippen LogP contribution in [0.4, 0.5) is 0 Å². The molecule has 10 nitrogen and oxygen atoms in total. The van der Waals surface area contributed by atoms with E-state index in [1.165, 1.54) is 27.5 Å². The van der Waals surface area contributed by atoms with Crippen LogP contribution >= 0.6 is 0 Å². The SMILES string of the molecule is CNC(=O)C(=NOC)c1ccccc1C=NOC(C)C(=NOC)C(=O)OC(C)(C)C. The smallest absolute Gasteiger partial charge is 0.360 e. The van der Waals surface area contributed by atoms with E-state index < -0.39 is 23.6 Å². The lowest BCUT2D eigenvalue weighted by Gasteiger charge is -2.21. The van der Waals surface area contributed by atoms with E-state index in [4.69, 9.17) is 19.2 Å². The second kappa shape index (κ2) is 11.5. The fraction of sp³-hybridized carbons (Fsp3) is 0.450. The van der Waals surface area contributed by atoms with Crippen LogP contribution in [0.25, 0.3) is 0 Å². The fourth-order valence-electron chi connectivity index (χ4n) is 2.18. The molecule has 1 aromatic rings. The number of benzene rings is 1. The van der Waals surface area contributed by atoms with Crippen molar-refractivity contribution < 1.29 is 28.8 Å². The number of hydrogen-bond acceptors (Lipinski definition) is 9. The molecule has 0 spiro atoms. The van der Waals surface area contributed by atoms with E-state index >= 15 is 0 Å². The summed E-state index contributed by atoms with van der Waals surface area (Å²) in [4.78, 5) is 39.3. The molecule has 30 heavy (non-hydrogen) atoms. The molecule has 0 saturated heterocycles. The highest BCUT2D eigenvalue weighted by Crippen LogP contribution is 2.12. The predicted octanol–water partition coefficient (Wildman–Crippen LogP) is 1.87. The summed E-state index contributed by atoms with van der Waals surface area (Å²) < 4.78 is 5.30. The van der Waals surface area contributed by atoms with Gasteiger partial charge in [-0.2, -0.15) is 0 Å². The van der Waals surface area contributed by atoms with Crippen LogP contribution in [0.15, 0.2) is 39.7 Å². The number of likely N-dealkylation sites (N-methyl/N-ethyl adjacent to an activating group) is 1. The molecule has 0 saturated carbocycles. The van der Waals surface area contributed by atoms with Gasteiger partial charge in [0.15, 0.2) is 11.8 Å². The molecular weight excluding hydrogens is 392 g/mol. The maximum atomic E-state index is 12.3. The topological polar surface area (TPSA) is 120 Å². The number of hydrogen-bond donors (Lipinski definition) is 1. The molecule has 164 valence electrons. The number of amides is 1. The van der Waals surface area contributed by atoms with Crippen molar-refractivity contribution in [1.29, 1.82) is 0 Å². The Bertz CT molecular complexity index is 827. The van der Waals surface area contributed by atoms with E-state index in [2.05, 4.69) is 20.8 Å². The van der Waals surface area contributed by atoms with Crippen molar-refractivity contribution in [2.75, 3.05) is 21.3 Å². The van der Waals surface area contributed by atoms with Crippen LogP contribution in [0.3, 0.4) is 0 Å². The Kier molecular flexibility index (Phi) is 9.47. The highest BCUT2D eigenvalue weighted by molar-refractivity contribution is 6.46. The van der Waals surface area contributed by atoms with Crippen LogP contribution in [0, 0.1) is 0 Å². The molecule has 1 atom stereocenters. The largest absolute Gasteiger partial charge is 0.455 e. The second-order valence-corrected chi connectivity index (χ2v) is 6.93. The van der Waals surface area contributed by atoms with E-state index in [0.29, 0.717) is 11.1 Å². The van der Waals surface area contributed by atoms with E-state index in [-0.39, 0.29) is 11.4 Å². The van der Waals surface area contributed by atoms with Gasteiger partial charge in [0.1, 0.15) is 19.8 Å². The van der Waals surface area contributed by atoms with Crippen molar-refractivity contribution in [2.45, 2.75) is 39.4 Å². The minimum Gasteiger partial charge on any atom is -0.455 e. The number of nitrogens with one attached hydrogen (secondary N) is 1. The Morgan fingerprint density at radius 1 is 1.10 bits per heavy atom. The molecule has 1 N–H and O–H groups in total. The van der Waals surface area contributed by atoms with E-state index in [1.54, 1.807) is 52.0 Å². The quantitative estimate of drug-likeness (QED) is 0.370. The van der Waals surface area contributed by atoms with E-state index in [1.807, 2.05) is 0 Å². The average molecular weight is 420 g/mol. The molecule has 0 heterocycles. The van der Waals surface area contributed by atoms with Crippen LogP contribution in [-0.2, 0) is 28.8 Å². The van der Waals surface area contributed by atoms with Crippen LogP contribution in [-0.4, -0.2) is 62.5 Å². The third kappa shape index (κ3) is 7.53. The van der Waals surface area contributed by atoms with Crippen LogP contribution in [0.2, 0.25) is 0 Å². The third-order valence-electron chi connectivity index (χ3n) is 3.43. The lowest BCUT2D eigenvalue weighted by molar-refractivity contribution is -0.147. The highest BCUT2D eigenvalue weighted by Gasteiger charge is 2.27. The highest BCUT2D eigenvalue weighted by atomic mass is 16.7. The van der Waals surface area contributed by atoms with Crippen molar-refractivity contribution >= 4 is 29.5 Å². The second-order valence-electron chi connectivity index (χ2n) is 6.93. The molecule has 1 amide bonds. The average Bonchev–Trinajstić information content (AvgIpc) is 2.68. The van der Waals surface area contributed by atoms with Crippen LogP contribution in [0.5, 0.6) is 0 Å². The normalized spacial score (nSPS) is 13.6. The van der Waals surface area contributed by atoms with Crippen molar-refractivity contribution in [3.05, 3.63) is 35.4 Å². The van der Waals surface area contributed by atoms with Gasteiger partial charge in [-0.05, 0) is 27.7 Å². The number of ether oxygens (including phenoxy) is 1. The Labute approximate surface area is 175 Å². The van der Waals surface area contributed by atoms with E-state index in [0.717, 1.165) is 0 Å². The molecule has 1 aromatic carbocycles. The van der Waals surface area contributed by atoms with E-state index in [9.17, 15) is 9.59 Å². The Hall–Kier alpha value is -3.43. The van der Waals surface area contributed by atoms with Gasteiger partial charge in [0.25, 0.3) is 5.91 Å². The van der Waals surface area contributed by atoms with Crippen LogP contribution in [0.1, 0.15) is 38.8 Å². The van der Waals surface area contributed by atoms with Gasteiger partial charge < -0.3 is 24.6 Å². The number of esters is 1. The van der Waals surface area contributed by atoms with Crippen molar-refractivity contribution in [1.82, 2.24) is 5.32 Å². The first-order valence-corrected chi connectivity index (χ1v) is 9.10. The van der Waals surface area contributed by atoms with Gasteiger partial charge in [-0.1, -0.05) is 39.7 Å². The zero-order valence-corrected chi connectivity index (χ0v) is 18.3. The van der Waals surface area contributed by atoms with Gasteiger partial charge in [-0.3, -0.25) is 4.79 Å². The third-order valence-corrected chi connectivity index (χ3v) is 3.43. The number of carbonyl (C=O) groups excluding carboxylic acids is 2. The summed E-state index contributed by atoms with van der Waals surface area (Å²) in [6.45, 7) is 6.79. The minimum absolute atomic E-state index is 0.0745. The zero-order valence-electron chi connectivity index (χ0n) is 18.3. The monoisotopic (exact) mass is 420 g/mol. The molecule has 0 aliphatic heterocycles. The Morgan fingerprint density at radius 3 is 2.30 bits per heavy atom. The van der Waals surface area contributed by atoms with Gasteiger partial charge in [0.05, 0.1) is 6.21 Å². The fourth-order valence-corrected chi connectivity index (χ4v) is 2.18. The molecular formula is C20H28N4O6. The maximum Gasteiger partial charge on any atom is 0.360 e. The molecule has 10 heteroatoms. The number of rotatable bonds is 9. The summed E-state index contributed by atoms with van der Waals surface area (Å²) in [6.07, 6.45) is 0.536. The lowest BCUT2D eigenvalue weighted by atomic mass is 10.0. The molecule has 1 rings (SSSR count). The molecule has 0 bridgehead atoms. The minimum atomic E-state index is -0.853. The number of nitrogens with zero attached hydrogens (tertiary/aromatic N) is 3. The standard InChI is InChI=1S/C20H28N4O6/c1-13(16(23-27-6)19(26)29-20(2,3)4)30-22-12-14-10-8-9-11-15(14)17(24-28-7)18(25)21-5/h8-13H,1-7H3,(H,21,25). The molecule has 0 aliphatic rings.